The molecule has 3 nitrogen and oxygen atoms in total. The fourth-order valence-corrected chi connectivity index (χ4v) is 1.66. The first-order chi connectivity index (χ1) is 8.08. The van der Waals surface area contributed by atoms with Crippen LogP contribution in [0.3, 0.4) is 0 Å². The third-order valence-electron chi connectivity index (χ3n) is 2.73. The second-order valence-electron chi connectivity index (χ2n) is 3.95. The van der Waals surface area contributed by atoms with Crippen LogP contribution in [0.4, 0.5) is 5.69 Å². The Labute approximate surface area is 99.5 Å². The summed E-state index contributed by atoms with van der Waals surface area (Å²) in [6.45, 7) is 1.95. The van der Waals surface area contributed by atoms with E-state index in [1.807, 2.05) is 25.1 Å². The molecule has 0 aromatic heterocycles. The number of carbonyl (C=O) groups is 1. The van der Waals surface area contributed by atoms with Crippen LogP contribution in [-0.2, 0) is 0 Å². The summed E-state index contributed by atoms with van der Waals surface area (Å²) in [6.07, 6.45) is 0. The molecule has 17 heavy (non-hydrogen) atoms. The van der Waals surface area contributed by atoms with E-state index >= 15 is 0 Å². The van der Waals surface area contributed by atoms with Crippen molar-refractivity contribution in [1.82, 2.24) is 0 Å². The van der Waals surface area contributed by atoms with Gasteiger partial charge in [-0.3, -0.25) is 0 Å². The van der Waals surface area contributed by atoms with Gasteiger partial charge in [0.15, 0.2) is 0 Å². The maximum atomic E-state index is 10.7. The van der Waals surface area contributed by atoms with Crippen molar-refractivity contribution in [3.8, 4) is 11.1 Å². The maximum absolute atomic E-state index is 10.7. The van der Waals surface area contributed by atoms with Gasteiger partial charge in [0.1, 0.15) is 0 Å². The van der Waals surface area contributed by atoms with Crippen LogP contribution in [-0.4, -0.2) is 11.1 Å². The first-order valence-electron chi connectivity index (χ1n) is 5.28. The molecular formula is C14H13NO2. The Morgan fingerprint density at radius 3 is 2.18 bits per heavy atom. The molecule has 0 heterocycles. The summed E-state index contributed by atoms with van der Waals surface area (Å²) in [4.78, 5) is 10.7. The van der Waals surface area contributed by atoms with Gasteiger partial charge < -0.3 is 10.8 Å². The SMILES string of the molecule is Cc1cc(-c2ccc(C(=O)O)cc2)ccc1N. The number of carboxylic acids is 1. The Hall–Kier alpha value is -2.29. The number of carboxylic acid groups (broad SMARTS) is 1. The van der Waals surface area contributed by atoms with Crippen molar-refractivity contribution in [2.75, 3.05) is 5.73 Å². The van der Waals surface area contributed by atoms with E-state index < -0.39 is 5.97 Å². The van der Waals surface area contributed by atoms with Crippen molar-refractivity contribution < 1.29 is 9.90 Å². The second-order valence-corrected chi connectivity index (χ2v) is 3.95. The number of benzene rings is 2. The molecule has 0 aliphatic carbocycles. The molecule has 2 rings (SSSR count). The van der Waals surface area contributed by atoms with Gasteiger partial charge in [0.25, 0.3) is 0 Å². The summed E-state index contributed by atoms with van der Waals surface area (Å²) >= 11 is 0. The van der Waals surface area contributed by atoms with Gasteiger partial charge in [-0.1, -0.05) is 18.2 Å². The van der Waals surface area contributed by atoms with E-state index in [-0.39, 0.29) is 0 Å². The zero-order chi connectivity index (χ0) is 12.4. The predicted molar refractivity (Wildman–Crippen MR) is 68.0 cm³/mol. The Morgan fingerprint density at radius 2 is 1.65 bits per heavy atom. The third-order valence-corrected chi connectivity index (χ3v) is 2.73. The molecule has 3 heteroatoms. The predicted octanol–water partition coefficient (Wildman–Crippen LogP) is 2.94. The minimum atomic E-state index is -0.912. The van der Waals surface area contributed by atoms with E-state index in [9.17, 15) is 4.79 Å². The van der Waals surface area contributed by atoms with Crippen molar-refractivity contribution >= 4 is 11.7 Å². The molecule has 2 aromatic rings. The van der Waals surface area contributed by atoms with E-state index in [0.717, 1.165) is 22.4 Å². The topological polar surface area (TPSA) is 63.3 Å². The van der Waals surface area contributed by atoms with Gasteiger partial charge >= 0.3 is 5.97 Å². The van der Waals surface area contributed by atoms with E-state index in [4.69, 9.17) is 10.8 Å². The van der Waals surface area contributed by atoms with Crippen LogP contribution < -0.4 is 5.73 Å². The number of hydrogen-bond donors (Lipinski definition) is 2. The highest BCUT2D eigenvalue weighted by Crippen LogP contribution is 2.23. The molecule has 0 aliphatic heterocycles. The molecule has 0 radical (unpaired) electrons. The van der Waals surface area contributed by atoms with E-state index in [0.29, 0.717) is 5.56 Å². The van der Waals surface area contributed by atoms with Gasteiger partial charge in [-0.2, -0.15) is 0 Å². The normalized spacial score (nSPS) is 10.2. The molecule has 0 atom stereocenters. The first-order valence-corrected chi connectivity index (χ1v) is 5.28. The average Bonchev–Trinajstić information content (AvgIpc) is 2.33. The molecule has 0 amide bonds. The Balaban J connectivity index is 2.39. The van der Waals surface area contributed by atoms with Crippen molar-refractivity contribution in [3.05, 3.63) is 53.6 Å². The number of aromatic carboxylic acids is 1. The molecule has 0 saturated carbocycles. The summed E-state index contributed by atoms with van der Waals surface area (Å²) < 4.78 is 0. The van der Waals surface area contributed by atoms with Gasteiger partial charge in [-0.15, -0.1) is 0 Å². The fraction of sp³-hybridized carbons (Fsp3) is 0.0714. The smallest absolute Gasteiger partial charge is 0.335 e. The molecule has 86 valence electrons. The van der Waals surface area contributed by atoms with E-state index in [1.165, 1.54) is 0 Å². The largest absolute Gasteiger partial charge is 0.478 e. The molecule has 3 N–H and O–H groups in total. The van der Waals surface area contributed by atoms with Gasteiger partial charge in [0.2, 0.25) is 0 Å². The summed E-state index contributed by atoms with van der Waals surface area (Å²) in [5, 5.41) is 8.81. The number of nitrogens with two attached hydrogens (primary N) is 1. The summed E-state index contributed by atoms with van der Waals surface area (Å²) in [6, 6.07) is 12.6. The lowest BCUT2D eigenvalue weighted by Gasteiger charge is -2.05. The number of hydrogen-bond acceptors (Lipinski definition) is 2. The number of rotatable bonds is 2. The van der Waals surface area contributed by atoms with Crippen LogP contribution in [0.15, 0.2) is 42.5 Å². The van der Waals surface area contributed by atoms with E-state index in [2.05, 4.69) is 0 Å². The number of anilines is 1. The molecule has 0 spiro atoms. The molecule has 2 aromatic carbocycles. The van der Waals surface area contributed by atoms with Crippen molar-refractivity contribution in [2.24, 2.45) is 0 Å². The highest BCUT2D eigenvalue weighted by molar-refractivity contribution is 5.88. The molecular weight excluding hydrogens is 214 g/mol. The number of aryl methyl sites for hydroxylation is 1. The van der Waals surface area contributed by atoms with Crippen LogP contribution >= 0.6 is 0 Å². The van der Waals surface area contributed by atoms with E-state index in [1.54, 1.807) is 24.3 Å². The van der Waals surface area contributed by atoms with Crippen molar-refractivity contribution in [3.63, 3.8) is 0 Å². The van der Waals surface area contributed by atoms with Crippen LogP contribution in [0.5, 0.6) is 0 Å². The monoisotopic (exact) mass is 227 g/mol. The average molecular weight is 227 g/mol. The summed E-state index contributed by atoms with van der Waals surface area (Å²) in [7, 11) is 0. The van der Waals surface area contributed by atoms with Gasteiger partial charge in [-0.05, 0) is 47.9 Å². The molecule has 0 bridgehead atoms. The zero-order valence-corrected chi connectivity index (χ0v) is 9.47. The van der Waals surface area contributed by atoms with Gasteiger partial charge in [0.05, 0.1) is 5.56 Å². The standard InChI is InChI=1S/C14H13NO2/c1-9-8-12(6-7-13(9)15)10-2-4-11(5-3-10)14(16)17/h2-8H,15H2,1H3,(H,16,17). The Morgan fingerprint density at radius 1 is 1.06 bits per heavy atom. The van der Waals surface area contributed by atoms with Crippen LogP contribution in [0.2, 0.25) is 0 Å². The zero-order valence-electron chi connectivity index (χ0n) is 9.47. The molecule has 0 aliphatic rings. The highest BCUT2D eigenvalue weighted by atomic mass is 16.4. The Bertz CT molecular complexity index is 559. The lowest BCUT2D eigenvalue weighted by atomic mass is 10.0. The minimum absolute atomic E-state index is 0.293. The number of nitrogen functional groups attached to an aromatic ring is 1. The van der Waals surface area contributed by atoms with Crippen molar-refractivity contribution in [2.45, 2.75) is 6.92 Å². The third kappa shape index (κ3) is 2.28. The molecule has 0 unspecified atom stereocenters. The second kappa shape index (κ2) is 4.29. The lowest BCUT2D eigenvalue weighted by molar-refractivity contribution is 0.0697. The fourth-order valence-electron chi connectivity index (χ4n) is 1.66. The van der Waals surface area contributed by atoms with Crippen LogP contribution in [0.1, 0.15) is 15.9 Å². The highest BCUT2D eigenvalue weighted by Gasteiger charge is 2.03. The summed E-state index contributed by atoms with van der Waals surface area (Å²) in [5.41, 5.74) is 9.84. The first kappa shape index (κ1) is 11.2. The van der Waals surface area contributed by atoms with Crippen molar-refractivity contribution in [1.29, 1.82) is 0 Å². The minimum Gasteiger partial charge on any atom is -0.478 e. The molecule has 0 fully saturated rings. The van der Waals surface area contributed by atoms with Crippen LogP contribution in [0.25, 0.3) is 11.1 Å². The van der Waals surface area contributed by atoms with Gasteiger partial charge in [0, 0.05) is 5.69 Å². The Kier molecular flexibility index (Phi) is 2.83. The summed E-state index contributed by atoms with van der Waals surface area (Å²) in [5.74, 6) is -0.912. The lowest BCUT2D eigenvalue weighted by Crippen LogP contribution is -1.95. The maximum Gasteiger partial charge on any atom is 0.335 e. The quantitative estimate of drug-likeness (QED) is 0.775. The molecule has 0 saturated heterocycles. The van der Waals surface area contributed by atoms with Crippen LogP contribution in [0, 0.1) is 6.92 Å². The van der Waals surface area contributed by atoms with Gasteiger partial charge in [-0.25, -0.2) is 4.79 Å².